The molecule has 2 amide bonds. The highest BCUT2D eigenvalue weighted by molar-refractivity contribution is 5.78. The van der Waals surface area contributed by atoms with Crippen molar-refractivity contribution in [2.75, 3.05) is 13.2 Å². The Labute approximate surface area is 154 Å². The van der Waals surface area contributed by atoms with Gasteiger partial charge in [0.2, 0.25) is 6.23 Å². The van der Waals surface area contributed by atoms with Crippen molar-refractivity contribution in [3.05, 3.63) is 23.6 Å². The van der Waals surface area contributed by atoms with Crippen LogP contribution in [0.3, 0.4) is 0 Å². The van der Waals surface area contributed by atoms with Crippen molar-refractivity contribution >= 4 is 6.03 Å². The second kappa shape index (κ2) is 7.58. The summed E-state index contributed by atoms with van der Waals surface area (Å²) < 4.78 is 23.2. The zero-order chi connectivity index (χ0) is 18.1. The minimum atomic E-state index is -0.439. The molecule has 0 aromatic heterocycles. The molecule has 0 saturated carbocycles. The molecule has 1 N–H and O–H groups in total. The number of hydrogen-bond donors (Lipinski definition) is 1. The van der Waals surface area contributed by atoms with E-state index in [2.05, 4.69) is 19.2 Å². The van der Waals surface area contributed by atoms with Gasteiger partial charge in [0.15, 0.2) is 6.29 Å². The maximum Gasteiger partial charge on any atom is 0.326 e. The summed E-state index contributed by atoms with van der Waals surface area (Å²) in [7, 11) is 0. The molecule has 2 saturated heterocycles. The van der Waals surface area contributed by atoms with Crippen LogP contribution in [0.5, 0.6) is 0 Å². The highest BCUT2D eigenvalue weighted by atomic mass is 16.7. The first kappa shape index (κ1) is 17.8. The lowest BCUT2D eigenvalue weighted by molar-refractivity contribution is -0.162. The minimum absolute atomic E-state index is 0.157. The third-order valence-corrected chi connectivity index (χ3v) is 5.48. The van der Waals surface area contributed by atoms with E-state index in [0.29, 0.717) is 18.3 Å². The number of carbonyl (C=O) groups excluding carboxylic acids is 1. The van der Waals surface area contributed by atoms with E-state index in [1.807, 2.05) is 12.3 Å². The van der Waals surface area contributed by atoms with Crippen LogP contribution >= 0.6 is 0 Å². The van der Waals surface area contributed by atoms with E-state index in [1.54, 1.807) is 4.90 Å². The number of urea groups is 1. The van der Waals surface area contributed by atoms with Gasteiger partial charge < -0.3 is 18.9 Å². The fraction of sp³-hybridized carbons (Fsp3) is 0.737. The van der Waals surface area contributed by atoms with Crippen molar-refractivity contribution in [2.45, 2.75) is 70.8 Å². The molecule has 0 bridgehead atoms. The number of carbonyl (C=O) groups is 1. The summed E-state index contributed by atoms with van der Waals surface area (Å²) in [5.41, 5.74) is 0.920. The normalized spacial score (nSPS) is 36.9. The Morgan fingerprint density at radius 3 is 3.00 bits per heavy atom. The second-order valence-corrected chi connectivity index (χ2v) is 7.45. The molecule has 26 heavy (non-hydrogen) atoms. The molecule has 0 spiro atoms. The molecule has 7 nitrogen and oxygen atoms in total. The van der Waals surface area contributed by atoms with Gasteiger partial charge in [0.25, 0.3) is 0 Å². The summed E-state index contributed by atoms with van der Waals surface area (Å²) >= 11 is 0. The maximum atomic E-state index is 12.5. The summed E-state index contributed by atoms with van der Waals surface area (Å²) in [6.45, 7) is 5.39. The van der Waals surface area contributed by atoms with Gasteiger partial charge in [0, 0.05) is 18.4 Å². The predicted octanol–water partition coefficient (Wildman–Crippen LogP) is 2.84. The summed E-state index contributed by atoms with van der Waals surface area (Å²) in [5, 5.41) is 2.90. The third kappa shape index (κ3) is 3.61. The summed E-state index contributed by atoms with van der Waals surface area (Å²) in [5.74, 6) is 1.16. The summed E-state index contributed by atoms with van der Waals surface area (Å²) in [6.07, 6.45) is 8.13. The average Bonchev–Trinajstić information content (AvgIpc) is 3.22. The van der Waals surface area contributed by atoms with Crippen LogP contribution in [0.1, 0.15) is 46.0 Å². The van der Waals surface area contributed by atoms with E-state index in [0.717, 1.165) is 44.3 Å². The second-order valence-electron chi connectivity index (χ2n) is 7.45. The first-order valence-electron chi connectivity index (χ1n) is 9.70. The molecule has 0 aliphatic carbocycles. The molecule has 4 rings (SSSR count). The lowest BCUT2D eigenvalue weighted by Gasteiger charge is -2.32. The average molecular weight is 364 g/mol. The number of nitrogens with zero attached hydrogens (tertiary/aromatic N) is 1. The van der Waals surface area contributed by atoms with Gasteiger partial charge in [-0.25, -0.2) is 4.79 Å². The van der Waals surface area contributed by atoms with Gasteiger partial charge in [-0.1, -0.05) is 13.8 Å². The van der Waals surface area contributed by atoms with Crippen LogP contribution in [0.2, 0.25) is 0 Å². The topological polar surface area (TPSA) is 69.3 Å². The largest absolute Gasteiger partial charge is 0.468 e. The molecule has 7 heteroatoms. The molecule has 5 atom stereocenters. The lowest BCUT2D eigenvalue weighted by atomic mass is 10.0. The predicted molar refractivity (Wildman–Crippen MR) is 93.7 cm³/mol. The van der Waals surface area contributed by atoms with Gasteiger partial charge in [-0.2, -0.15) is 0 Å². The van der Waals surface area contributed by atoms with Crippen LogP contribution in [0.4, 0.5) is 4.79 Å². The molecule has 2 fully saturated rings. The number of hydrogen-bond acceptors (Lipinski definition) is 5. The van der Waals surface area contributed by atoms with Gasteiger partial charge in [0.05, 0.1) is 6.10 Å². The maximum absolute atomic E-state index is 12.5. The highest BCUT2D eigenvalue weighted by Gasteiger charge is 2.40. The Hall–Kier alpha value is -1.57. The molecule has 4 aliphatic rings. The Kier molecular flexibility index (Phi) is 5.20. The van der Waals surface area contributed by atoms with Crippen LogP contribution in [0.15, 0.2) is 23.6 Å². The van der Waals surface area contributed by atoms with E-state index in [4.69, 9.17) is 18.9 Å². The number of amides is 2. The summed E-state index contributed by atoms with van der Waals surface area (Å²) in [4.78, 5) is 14.1. The smallest absolute Gasteiger partial charge is 0.326 e. The van der Waals surface area contributed by atoms with Crippen molar-refractivity contribution in [3.63, 3.8) is 0 Å². The van der Waals surface area contributed by atoms with E-state index >= 15 is 0 Å². The number of ether oxygens (including phenoxy) is 4. The Bertz CT molecular complexity index is 599. The third-order valence-electron chi connectivity index (χ3n) is 5.48. The van der Waals surface area contributed by atoms with Crippen molar-refractivity contribution in [1.82, 2.24) is 10.2 Å². The fourth-order valence-electron chi connectivity index (χ4n) is 3.98. The van der Waals surface area contributed by atoms with Crippen LogP contribution in [0, 0.1) is 5.92 Å². The van der Waals surface area contributed by atoms with E-state index in [-0.39, 0.29) is 24.7 Å². The number of nitrogens with one attached hydrogen (secondary N) is 1. The van der Waals surface area contributed by atoms with Crippen molar-refractivity contribution in [2.24, 2.45) is 5.92 Å². The lowest BCUT2D eigenvalue weighted by Crippen LogP contribution is -2.51. The van der Waals surface area contributed by atoms with Crippen LogP contribution < -0.4 is 5.32 Å². The standard InChI is InChI=1S/C19H28N2O5/c1-3-15-12(2)8-16(26-15)21-10-13-9-14(25-18(13)20-19(21)22)11-24-17-6-4-5-7-23-17/h9-10,12,15-18H,3-8,11H2,1-2H3,(H,20,22)/t12-,15-,16-,17?,18?/m1/s1. The monoisotopic (exact) mass is 364 g/mol. The van der Waals surface area contributed by atoms with Gasteiger partial charge in [-0.3, -0.25) is 10.2 Å². The van der Waals surface area contributed by atoms with Crippen molar-refractivity contribution < 1.29 is 23.7 Å². The molecule has 4 heterocycles. The number of fused-ring (bicyclic) bond motifs is 1. The van der Waals surface area contributed by atoms with E-state index < -0.39 is 6.23 Å². The van der Waals surface area contributed by atoms with Gasteiger partial charge in [-0.15, -0.1) is 0 Å². The number of rotatable bonds is 5. The Balaban J connectivity index is 1.38. The minimum Gasteiger partial charge on any atom is -0.468 e. The van der Waals surface area contributed by atoms with Crippen LogP contribution in [-0.4, -0.2) is 49.0 Å². The van der Waals surface area contributed by atoms with E-state index in [1.165, 1.54) is 0 Å². The molecular formula is C19H28N2O5. The quantitative estimate of drug-likeness (QED) is 0.812. The molecule has 0 aromatic rings. The molecule has 4 aliphatic heterocycles. The summed E-state index contributed by atoms with van der Waals surface area (Å²) in [6, 6.07) is -0.182. The molecule has 2 unspecified atom stereocenters. The van der Waals surface area contributed by atoms with E-state index in [9.17, 15) is 4.79 Å². The zero-order valence-corrected chi connectivity index (χ0v) is 15.5. The van der Waals surface area contributed by atoms with Crippen LogP contribution in [-0.2, 0) is 18.9 Å². The van der Waals surface area contributed by atoms with Gasteiger partial charge in [0.1, 0.15) is 18.6 Å². The zero-order valence-electron chi connectivity index (χ0n) is 15.5. The van der Waals surface area contributed by atoms with Gasteiger partial charge >= 0.3 is 6.03 Å². The SMILES string of the molecule is CC[C@H]1O[C@@H](N2C=C3C=C(COC4CCCCO4)OC3NC2=O)C[C@H]1C. The molecule has 0 aromatic carbocycles. The highest BCUT2D eigenvalue weighted by Crippen LogP contribution is 2.33. The van der Waals surface area contributed by atoms with Crippen molar-refractivity contribution in [1.29, 1.82) is 0 Å². The molecular weight excluding hydrogens is 336 g/mol. The van der Waals surface area contributed by atoms with Crippen LogP contribution in [0.25, 0.3) is 0 Å². The first-order valence-corrected chi connectivity index (χ1v) is 9.70. The first-order chi connectivity index (χ1) is 12.6. The Morgan fingerprint density at radius 1 is 1.38 bits per heavy atom. The molecule has 144 valence electrons. The fourth-order valence-corrected chi connectivity index (χ4v) is 3.98. The Morgan fingerprint density at radius 2 is 2.27 bits per heavy atom. The van der Waals surface area contributed by atoms with Gasteiger partial charge in [-0.05, 0) is 44.1 Å². The van der Waals surface area contributed by atoms with Crippen molar-refractivity contribution in [3.8, 4) is 0 Å². The molecule has 0 radical (unpaired) electrons.